The second kappa shape index (κ2) is 10.5. The molecule has 0 bridgehead atoms. The van der Waals surface area contributed by atoms with Crippen LogP contribution in [-0.4, -0.2) is 70.5 Å². The molecule has 192 valence electrons. The summed E-state index contributed by atoms with van der Waals surface area (Å²) in [6, 6.07) is 4.95. The van der Waals surface area contributed by atoms with Crippen LogP contribution in [0, 0.1) is 5.92 Å². The van der Waals surface area contributed by atoms with Gasteiger partial charge in [0.25, 0.3) is 11.1 Å². The van der Waals surface area contributed by atoms with Crippen molar-refractivity contribution in [3.63, 3.8) is 0 Å². The number of ether oxygens (including phenoxy) is 2. The van der Waals surface area contributed by atoms with Crippen LogP contribution in [0.1, 0.15) is 26.4 Å². The van der Waals surface area contributed by atoms with Gasteiger partial charge in [0.05, 0.1) is 41.6 Å². The third-order valence-electron chi connectivity index (χ3n) is 7.02. The Bertz CT molecular complexity index is 1380. The first kappa shape index (κ1) is 24.6. The Balaban J connectivity index is 1.45. The quantitative estimate of drug-likeness (QED) is 0.358. The first-order valence-corrected chi connectivity index (χ1v) is 12.5. The van der Waals surface area contributed by atoms with E-state index < -0.39 is 12.1 Å². The van der Waals surface area contributed by atoms with Crippen molar-refractivity contribution in [3.8, 4) is 0 Å². The number of hydrazine groups is 1. The lowest BCUT2D eigenvalue weighted by Gasteiger charge is -2.26. The molecule has 36 heavy (non-hydrogen) atoms. The van der Waals surface area contributed by atoms with Crippen LogP contribution in [0.15, 0.2) is 40.2 Å². The van der Waals surface area contributed by atoms with Crippen molar-refractivity contribution in [1.82, 2.24) is 29.9 Å². The molecule has 2 fully saturated rings. The highest BCUT2D eigenvalue weighted by atomic mass is 16.5. The molecule has 0 amide bonds. The van der Waals surface area contributed by atoms with Crippen molar-refractivity contribution in [1.29, 1.82) is 0 Å². The lowest BCUT2D eigenvalue weighted by Crippen LogP contribution is -2.38. The van der Waals surface area contributed by atoms with Crippen molar-refractivity contribution >= 4 is 27.8 Å². The number of carbonyl (C=O) groups is 1. The third kappa shape index (κ3) is 4.66. The second-order valence-electron chi connectivity index (χ2n) is 9.30. The molecule has 11 nitrogen and oxygen atoms in total. The van der Waals surface area contributed by atoms with Gasteiger partial charge < -0.3 is 14.0 Å². The zero-order chi connectivity index (χ0) is 25.2. The van der Waals surface area contributed by atoms with Gasteiger partial charge >= 0.3 is 5.97 Å². The van der Waals surface area contributed by atoms with Crippen LogP contribution in [0.4, 0.5) is 0 Å². The molecule has 3 aromatic rings. The van der Waals surface area contributed by atoms with E-state index in [-0.39, 0.29) is 29.7 Å². The van der Waals surface area contributed by atoms with Crippen LogP contribution in [0.25, 0.3) is 21.8 Å². The summed E-state index contributed by atoms with van der Waals surface area (Å²) in [5, 5.41) is 0.733. The molecule has 2 aliphatic heterocycles. The smallest absolute Gasteiger partial charge is 0.314 e. The van der Waals surface area contributed by atoms with Crippen LogP contribution in [0.5, 0.6) is 0 Å². The van der Waals surface area contributed by atoms with E-state index in [4.69, 9.17) is 9.47 Å². The van der Waals surface area contributed by atoms with E-state index in [9.17, 15) is 14.4 Å². The number of hydrogen-bond acceptors (Lipinski definition) is 9. The Morgan fingerprint density at radius 2 is 1.81 bits per heavy atom. The minimum absolute atomic E-state index is 0.169. The number of carbonyl (C=O) groups excluding carboxylic acids is 1. The minimum Gasteiger partial charge on any atom is -0.466 e. The first-order chi connectivity index (χ1) is 17.5. The minimum atomic E-state index is -0.626. The molecule has 2 N–H and O–H groups in total. The Hall–Kier alpha value is -3.12. The van der Waals surface area contributed by atoms with E-state index in [1.165, 1.54) is 4.57 Å². The number of nitrogens with zero attached hydrogens (tertiary/aromatic N) is 4. The van der Waals surface area contributed by atoms with E-state index in [0.717, 1.165) is 39.3 Å². The van der Waals surface area contributed by atoms with Gasteiger partial charge in [-0.15, -0.1) is 0 Å². The number of pyridine rings is 3. The van der Waals surface area contributed by atoms with Crippen LogP contribution in [0.3, 0.4) is 0 Å². The summed E-state index contributed by atoms with van der Waals surface area (Å²) < 4.78 is 13.8. The Morgan fingerprint density at radius 3 is 2.56 bits per heavy atom. The fourth-order valence-electron chi connectivity index (χ4n) is 5.05. The summed E-state index contributed by atoms with van der Waals surface area (Å²) in [6.07, 6.45) is 3.61. The summed E-state index contributed by atoms with van der Waals surface area (Å²) >= 11 is 0. The topological polar surface area (TPSA) is 120 Å². The number of esters is 1. The molecule has 3 aromatic heterocycles. The Labute approximate surface area is 208 Å². The fraction of sp³-hybridized carbons (Fsp3) is 0.520. The maximum Gasteiger partial charge on any atom is 0.314 e. The third-order valence-corrected chi connectivity index (χ3v) is 7.02. The molecule has 0 spiro atoms. The number of morpholine rings is 1. The van der Waals surface area contributed by atoms with Crippen LogP contribution >= 0.6 is 0 Å². The van der Waals surface area contributed by atoms with E-state index in [2.05, 4.69) is 20.7 Å². The maximum absolute atomic E-state index is 13.5. The van der Waals surface area contributed by atoms with Gasteiger partial charge in [-0.2, -0.15) is 0 Å². The van der Waals surface area contributed by atoms with E-state index in [1.54, 1.807) is 36.0 Å². The van der Waals surface area contributed by atoms with Gasteiger partial charge in [-0.05, 0) is 38.5 Å². The largest absolute Gasteiger partial charge is 0.466 e. The zero-order valence-corrected chi connectivity index (χ0v) is 20.6. The monoisotopic (exact) mass is 496 g/mol. The van der Waals surface area contributed by atoms with Gasteiger partial charge in [-0.3, -0.25) is 29.3 Å². The molecular weight excluding hydrogens is 464 g/mol. The Kier molecular flexibility index (Phi) is 7.15. The molecule has 5 rings (SSSR count). The highest BCUT2D eigenvalue weighted by Crippen LogP contribution is 2.25. The molecule has 0 radical (unpaired) electrons. The highest BCUT2D eigenvalue weighted by Gasteiger charge is 2.41. The average molecular weight is 497 g/mol. The molecule has 0 aromatic carbocycles. The average Bonchev–Trinajstić information content (AvgIpc) is 3.27. The van der Waals surface area contributed by atoms with Crippen molar-refractivity contribution in [2.45, 2.75) is 39.0 Å². The van der Waals surface area contributed by atoms with E-state index >= 15 is 0 Å². The zero-order valence-electron chi connectivity index (χ0n) is 20.6. The standard InChI is InChI=1S/C25H32N6O5/c1-3-36-25(34)21-16(2)27-28-22(21)31-10-6-20-18(24(31)33)15-17-19(26-20)5-9-30(23(17)32)8-4-7-29-11-13-35-14-12-29/h5-6,9-10,15-16,21-22,27-28H,3-4,7-8,11-14H2,1-2H3. The lowest BCUT2D eigenvalue weighted by atomic mass is 10.00. The predicted molar refractivity (Wildman–Crippen MR) is 135 cm³/mol. The van der Waals surface area contributed by atoms with Crippen LogP contribution < -0.4 is 22.0 Å². The van der Waals surface area contributed by atoms with Crippen molar-refractivity contribution in [3.05, 3.63) is 51.3 Å². The first-order valence-electron chi connectivity index (χ1n) is 12.5. The molecule has 11 heteroatoms. The second-order valence-corrected chi connectivity index (χ2v) is 9.30. The van der Waals surface area contributed by atoms with Crippen LogP contribution in [0.2, 0.25) is 0 Å². The normalized spacial score (nSPS) is 22.9. The number of rotatable bonds is 7. The molecule has 5 heterocycles. The lowest BCUT2D eigenvalue weighted by molar-refractivity contribution is -0.149. The molecule has 0 aliphatic carbocycles. The summed E-state index contributed by atoms with van der Waals surface area (Å²) in [5.74, 6) is -0.965. The molecule has 0 saturated carbocycles. The number of nitrogens with one attached hydrogen (secondary N) is 2. The maximum atomic E-state index is 13.5. The van der Waals surface area contributed by atoms with E-state index in [1.807, 2.05) is 13.0 Å². The van der Waals surface area contributed by atoms with Gasteiger partial charge in [0.15, 0.2) is 0 Å². The van der Waals surface area contributed by atoms with Gasteiger partial charge in [0, 0.05) is 44.6 Å². The molecular formula is C25H32N6O5. The van der Waals surface area contributed by atoms with Gasteiger partial charge in [0.2, 0.25) is 0 Å². The predicted octanol–water partition coefficient (Wildman–Crippen LogP) is 0.608. The number of aromatic nitrogens is 3. The van der Waals surface area contributed by atoms with Crippen LogP contribution in [-0.2, 0) is 20.8 Å². The molecule has 3 unspecified atom stereocenters. The van der Waals surface area contributed by atoms with Crippen molar-refractivity contribution < 1.29 is 14.3 Å². The molecule has 3 atom stereocenters. The molecule has 2 aliphatic rings. The summed E-state index contributed by atoms with van der Waals surface area (Å²) in [4.78, 5) is 46.3. The van der Waals surface area contributed by atoms with Gasteiger partial charge in [-0.1, -0.05) is 0 Å². The SMILES string of the molecule is CCOC(=O)C1C(C)NNC1n1ccc2nc3ccn(CCCN4CCOCC4)c(=O)c3cc2c1=O. The number of fused-ring (bicyclic) bond motifs is 2. The van der Waals surface area contributed by atoms with Gasteiger partial charge in [0.1, 0.15) is 12.1 Å². The summed E-state index contributed by atoms with van der Waals surface area (Å²) in [5.41, 5.74) is 6.62. The van der Waals surface area contributed by atoms with Gasteiger partial charge in [-0.25, -0.2) is 10.4 Å². The number of hydrogen-bond donors (Lipinski definition) is 2. The van der Waals surface area contributed by atoms with E-state index in [0.29, 0.717) is 28.4 Å². The number of aryl methyl sites for hydroxylation is 1. The highest BCUT2D eigenvalue weighted by molar-refractivity contribution is 5.91. The van der Waals surface area contributed by atoms with Crippen molar-refractivity contribution in [2.24, 2.45) is 5.92 Å². The fourth-order valence-corrected chi connectivity index (χ4v) is 5.05. The van der Waals surface area contributed by atoms with Crippen molar-refractivity contribution in [2.75, 3.05) is 39.5 Å². The molecule has 2 saturated heterocycles. The summed E-state index contributed by atoms with van der Waals surface area (Å²) in [6.45, 7) is 8.67. The summed E-state index contributed by atoms with van der Waals surface area (Å²) in [7, 11) is 0. The Morgan fingerprint density at radius 1 is 1.08 bits per heavy atom.